The maximum Gasteiger partial charge on any atom is 0.0900 e. The minimum atomic E-state index is -0.373. The molecule has 0 saturated carbocycles. The van der Waals surface area contributed by atoms with Gasteiger partial charge in [-0.1, -0.05) is 6.92 Å². The molecule has 0 radical (unpaired) electrons. The lowest BCUT2D eigenvalue weighted by atomic mass is 9.95. The van der Waals surface area contributed by atoms with E-state index in [-0.39, 0.29) is 11.7 Å². The van der Waals surface area contributed by atoms with Gasteiger partial charge in [0.25, 0.3) is 0 Å². The summed E-state index contributed by atoms with van der Waals surface area (Å²) in [5, 5.41) is 10.0. The molecule has 3 heteroatoms. The number of piperidine rings is 1. The first kappa shape index (κ1) is 14.9. The predicted octanol–water partition coefficient (Wildman–Crippen LogP) is 2.28. The molecule has 3 atom stereocenters. The summed E-state index contributed by atoms with van der Waals surface area (Å²) in [6.07, 6.45) is 2.18. The van der Waals surface area contributed by atoms with Crippen LogP contribution in [0.5, 0.6) is 0 Å². The number of hydrogen-bond donors (Lipinski definition) is 1. The van der Waals surface area contributed by atoms with Crippen LogP contribution in [-0.4, -0.2) is 47.4 Å². The van der Waals surface area contributed by atoms with Crippen LogP contribution in [0, 0.1) is 5.92 Å². The van der Waals surface area contributed by atoms with Crippen LogP contribution in [0.15, 0.2) is 0 Å². The van der Waals surface area contributed by atoms with E-state index in [1.165, 1.54) is 12.8 Å². The van der Waals surface area contributed by atoms with Gasteiger partial charge in [0.05, 0.1) is 18.3 Å². The highest BCUT2D eigenvalue weighted by Gasteiger charge is 2.25. The van der Waals surface area contributed by atoms with Gasteiger partial charge < -0.3 is 9.84 Å². The third-order valence-electron chi connectivity index (χ3n) is 3.40. The van der Waals surface area contributed by atoms with E-state index >= 15 is 0 Å². The fourth-order valence-corrected chi connectivity index (χ4v) is 2.30. The third-order valence-corrected chi connectivity index (χ3v) is 3.40. The molecule has 3 unspecified atom stereocenters. The summed E-state index contributed by atoms with van der Waals surface area (Å²) in [5.74, 6) is 0.752. The molecule has 3 nitrogen and oxygen atoms in total. The van der Waals surface area contributed by atoms with Gasteiger partial charge >= 0.3 is 0 Å². The Hall–Kier alpha value is -0.120. The van der Waals surface area contributed by atoms with E-state index in [0.717, 1.165) is 19.0 Å². The standard InChI is InChI=1S/C14H29NO2/c1-11-6-7-12(2)15(8-11)9-13(16)10-17-14(3,4)5/h11-13,16H,6-10H2,1-5H3. The topological polar surface area (TPSA) is 32.7 Å². The molecule has 1 aliphatic rings. The molecule has 1 heterocycles. The van der Waals surface area contributed by atoms with Crippen LogP contribution in [0.3, 0.4) is 0 Å². The molecule has 0 aliphatic carbocycles. The molecule has 1 aliphatic heterocycles. The molecule has 1 saturated heterocycles. The van der Waals surface area contributed by atoms with Crippen molar-refractivity contribution in [2.45, 2.75) is 65.2 Å². The molecule has 17 heavy (non-hydrogen) atoms. The summed E-state index contributed by atoms with van der Waals surface area (Å²) < 4.78 is 5.62. The Balaban J connectivity index is 2.31. The second-order valence-corrected chi connectivity index (χ2v) is 6.56. The highest BCUT2D eigenvalue weighted by Crippen LogP contribution is 2.21. The van der Waals surface area contributed by atoms with Crippen molar-refractivity contribution in [2.75, 3.05) is 19.7 Å². The van der Waals surface area contributed by atoms with Crippen molar-refractivity contribution in [1.29, 1.82) is 0 Å². The van der Waals surface area contributed by atoms with Gasteiger partial charge in [0.15, 0.2) is 0 Å². The SMILES string of the molecule is CC1CCC(C)N(CC(O)COC(C)(C)C)C1. The molecular weight excluding hydrogens is 214 g/mol. The van der Waals surface area contributed by atoms with Crippen LogP contribution in [0.2, 0.25) is 0 Å². The molecule has 1 N–H and O–H groups in total. The Kier molecular flexibility index (Phi) is 5.42. The van der Waals surface area contributed by atoms with Crippen LogP contribution in [0.1, 0.15) is 47.5 Å². The molecule has 1 rings (SSSR count). The quantitative estimate of drug-likeness (QED) is 0.822. The van der Waals surface area contributed by atoms with Gasteiger partial charge in [-0.05, 0) is 46.5 Å². The monoisotopic (exact) mass is 243 g/mol. The van der Waals surface area contributed by atoms with Crippen LogP contribution < -0.4 is 0 Å². The lowest BCUT2D eigenvalue weighted by Crippen LogP contribution is -2.46. The molecule has 0 spiro atoms. The fraction of sp³-hybridized carbons (Fsp3) is 1.00. The van der Waals surface area contributed by atoms with E-state index in [9.17, 15) is 5.11 Å². The Morgan fingerprint density at radius 3 is 2.53 bits per heavy atom. The number of ether oxygens (including phenoxy) is 1. The van der Waals surface area contributed by atoms with Crippen LogP contribution in [-0.2, 0) is 4.74 Å². The zero-order valence-electron chi connectivity index (χ0n) is 12.1. The number of aliphatic hydroxyl groups is 1. The third kappa shape index (κ3) is 5.84. The first-order valence-electron chi connectivity index (χ1n) is 6.84. The number of aliphatic hydroxyl groups excluding tert-OH is 1. The maximum atomic E-state index is 10.0. The predicted molar refractivity (Wildman–Crippen MR) is 71.1 cm³/mol. The average Bonchev–Trinajstić information content (AvgIpc) is 2.20. The largest absolute Gasteiger partial charge is 0.389 e. The van der Waals surface area contributed by atoms with Crippen LogP contribution in [0.25, 0.3) is 0 Å². The smallest absolute Gasteiger partial charge is 0.0900 e. The molecule has 0 aromatic heterocycles. The lowest BCUT2D eigenvalue weighted by molar-refractivity contribution is -0.0617. The Bertz CT molecular complexity index is 225. The summed E-state index contributed by atoms with van der Waals surface area (Å²) in [7, 11) is 0. The van der Waals surface area contributed by atoms with Gasteiger partial charge in [-0.15, -0.1) is 0 Å². The van der Waals surface area contributed by atoms with E-state index < -0.39 is 0 Å². The minimum Gasteiger partial charge on any atom is -0.389 e. The van der Waals surface area contributed by atoms with Gasteiger partial charge in [-0.2, -0.15) is 0 Å². The highest BCUT2D eigenvalue weighted by atomic mass is 16.5. The Morgan fingerprint density at radius 2 is 1.94 bits per heavy atom. The minimum absolute atomic E-state index is 0.165. The number of nitrogens with zero attached hydrogens (tertiary/aromatic N) is 1. The Morgan fingerprint density at radius 1 is 1.29 bits per heavy atom. The van der Waals surface area contributed by atoms with E-state index in [2.05, 4.69) is 18.7 Å². The van der Waals surface area contributed by atoms with Crippen molar-refractivity contribution in [1.82, 2.24) is 4.90 Å². The molecule has 102 valence electrons. The van der Waals surface area contributed by atoms with Crippen LogP contribution in [0.4, 0.5) is 0 Å². The number of likely N-dealkylation sites (tertiary alicyclic amines) is 1. The first-order chi connectivity index (χ1) is 7.78. The van der Waals surface area contributed by atoms with Crippen molar-refractivity contribution < 1.29 is 9.84 Å². The van der Waals surface area contributed by atoms with E-state index in [4.69, 9.17) is 4.74 Å². The zero-order valence-corrected chi connectivity index (χ0v) is 12.1. The van der Waals surface area contributed by atoms with Gasteiger partial charge in [0, 0.05) is 19.1 Å². The van der Waals surface area contributed by atoms with E-state index in [1.807, 2.05) is 20.8 Å². The van der Waals surface area contributed by atoms with Gasteiger partial charge in [0.1, 0.15) is 0 Å². The summed E-state index contributed by atoms with van der Waals surface area (Å²) in [5.41, 5.74) is -0.165. The molecule has 0 aromatic carbocycles. The number of rotatable bonds is 4. The summed E-state index contributed by atoms with van der Waals surface area (Å²) in [6.45, 7) is 12.9. The van der Waals surface area contributed by atoms with Crippen molar-refractivity contribution in [2.24, 2.45) is 5.92 Å². The lowest BCUT2D eigenvalue weighted by Gasteiger charge is -2.38. The summed E-state index contributed by atoms with van der Waals surface area (Å²) >= 11 is 0. The second-order valence-electron chi connectivity index (χ2n) is 6.56. The molecule has 1 fully saturated rings. The van der Waals surface area contributed by atoms with Gasteiger partial charge in [-0.3, -0.25) is 4.90 Å². The second kappa shape index (κ2) is 6.17. The average molecular weight is 243 g/mol. The first-order valence-corrected chi connectivity index (χ1v) is 6.84. The van der Waals surface area contributed by atoms with Crippen molar-refractivity contribution in [3.8, 4) is 0 Å². The summed E-state index contributed by atoms with van der Waals surface area (Å²) in [6, 6.07) is 0.593. The van der Waals surface area contributed by atoms with Crippen molar-refractivity contribution in [3.63, 3.8) is 0 Å². The van der Waals surface area contributed by atoms with Crippen molar-refractivity contribution in [3.05, 3.63) is 0 Å². The van der Waals surface area contributed by atoms with E-state index in [1.54, 1.807) is 0 Å². The fourth-order valence-electron chi connectivity index (χ4n) is 2.30. The van der Waals surface area contributed by atoms with Crippen molar-refractivity contribution >= 4 is 0 Å². The Labute approximate surface area is 106 Å². The van der Waals surface area contributed by atoms with Crippen LogP contribution >= 0.6 is 0 Å². The maximum absolute atomic E-state index is 10.0. The molecule has 0 bridgehead atoms. The molecule has 0 aromatic rings. The van der Waals surface area contributed by atoms with Gasteiger partial charge in [0.2, 0.25) is 0 Å². The zero-order chi connectivity index (χ0) is 13.1. The normalized spacial score (nSPS) is 29.3. The molecular formula is C14H29NO2. The summed E-state index contributed by atoms with van der Waals surface area (Å²) in [4.78, 5) is 2.39. The van der Waals surface area contributed by atoms with Gasteiger partial charge in [-0.25, -0.2) is 0 Å². The number of hydrogen-bond acceptors (Lipinski definition) is 3. The highest BCUT2D eigenvalue weighted by molar-refractivity contribution is 4.79. The van der Waals surface area contributed by atoms with E-state index in [0.29, 0.717) is 12.6 Å². The number of β-amino-alcohol motifs (C(OH)–C–C–N with tert-alkyl or cyclic N) is 1. The molecule has 0 amide bonds.